The fraction of sp³-hybridized carbons (Fsp3) is 0.400. The highest BCUT2D eigenvalue weighted by molar-refractivity contribution is 5.73. The van der Waals surface area contributed by atoms with Gasteiger partial charge in [0.15, 0.2) is 0 Å². The smallest absolute Gasteiger partial charge is 0.315 e. The molecular weight excluding hydrogens is 360 g/mol. The number of pyridine rings is 1. The van der Waals surface area contributed by atoms with E-state index in [1.165, 1.54) is 0 Å². The van der Waals surface area contributed by atoms with Gasteiger partial charge in [0.1, 0.15) is 23.9 Å². The molecule has 0 radical (unpaired) electrons. The van der Waals surface area contributed by atoms with Crippen molar-refractivity contribution in [3.05, 3.63) is 48.2 Å². The van der Waals surface area contributed by atoms with Gasteiger partial charge in [-0.15, -0.1) is 0 Å². The normalized spacial score (nSPS) is 13.7. The Morgan fingerprint density at radius 2 is 1.89 bits per heavy atom. The Morgan fingerprint density at radius 1 is 1.14 bits per heavy atom. The molecule has 0 spiro atoms. The lowest BCUT2D eigenvalue weighted by atomic mass is 10.2. The number of anilines is 1. The largest absolute Gasteiger partial charge is 0.497 e. The molecule has 0 unspecified atom stereocenters. The maximum Gasteiger partial charge on any atom is 0.315 e. The Labute approximate surface area is 164 Å². The Bertz CT molecular complexity index is 748. The van der Waals surface area contributed by atoms with Crippen LogP contribution in [0, 0.1) is 0 Å². The predicted octanol–water partition coefficient (Wildman–Crippen LogP) is 1.80. The molecule has 8 nitrogen and oxygen atoms in total. The molecule has 1 aliphatic rings. The van der Waals surface area contributed by atoms with Crippen molar-refractivity contribution >= 4 is 11.8 Å². The summed E-state index contributed by atoms with van der Waals surface area (Å²) in [4.78, 5) is 18.6. The highest BCUT2D eigenvalue weighted by Crippen LogP contribution is 2.16. The molecule has 2 aromatic rings. The number of hydrogen-bond acceptors (Lipinski definition) is 6. The Balaban J connectivity index is 1.36. The third kappa shape index (κ3) is 6.02. The molecule has 28 heavy (non-hydrogen) atoms. The van der Waals surface area contributed by atoms with E-state index >= 15 is 0 Å². The van der Waals surface area contributed by atoms with Crippen LogP contribution in [0.5, 0.6) is 11.5 Å². The van der Waals surface area contributed by atoms with Crippen molar-refractivity contribution in [1.29, 1.82) is 0 Å². The Hall–Kier alpha value is -3.00. The van der Waals surface area contributed by atoms with Gasteiger partial charge in [-0.25, -0.2) is 9.78 Å². The lowest BCUT2D eigenvalue weighted by molar-refractivity contribution is 0.122. The van der Waals surface area contributed by atoms with E-state index in [2.05, 4.69) is 20.5 Å². The molecule has 1 fully saturated rings. The van der Waals surface area contributed by atoms with Crippen LogP contribution in [0.3, 0.4) is 0 Å². The summed E-state index contributed by atoms with van der Waals surface area (Å²) in [6.07, 6.45) is 1.77. The van der Waals surface area contributed by atoms with E-state index in [4.69, 9.17) is 14.2 Å². The first kappa shape index (κ1) is 19.8. The lowest BCUT2D eigenvalue weighted by Crippen LogP contribution is -2.38. The van der Waals surface area contributed by atoms with Gasteiger partial charge in [0.05, 0.1) is 26.9 Å². The quantitative estimate of drug-likeness (QED) is 0.673. The van der Waals surface area contributed by atoms with Crippen molar-refractivity contribution in [3.8, 4) is 11.5 Å². The van der Waals surface area contributed by atoms with Gasteiger partial charge in [-0.2, -0.15) is 0 Å². The van der Waals surface area contributed by atoms with Crippen molar-refractivity contribution < 1.29 is 19.0 Å². The van der Waals surface area contributed by atoms with Gasteiger partial charge in [0, 0.05) is 25.8 Å². The molecule has 1 aliphatic heterocycles. The predicted molar refractivity (Wildman–Crippen MR) is 106 cm³/mol. The number of aromatic nitrogens is 1. The first-order valence-electron chi connectivity index (χ1n) is 9.31. The van der Waals surface area contributed by atoms with Crippen LogP contribution >= 0.6 is 0 Å². The van der Waals surface area contributed by atoms with Gasteiger partial charge in [0.25, 0.3) is 0 Å². The Morgan fingerprint density at radius 3 is 2.64 bits per heavy atom. The minimum absolute atomic E-state index is 0.233. The van der Waals surface area contributed by atoms with E-state index in [1.54, 1.807) is 13.3 Å². The van der Waals surface area contributed by atoms with Crippen LogP contribution in [0.15, 0.2) is 42.6 Å². The van der Waals surface area contributed by atoms with Crippen LogP contribution in [0.4, 0.5) is 10.6 Å². The average Bonchev–Trinajstić information content (AvgIpc) is 2.76. The number of carbonyl (C=O) groups excluding carboxylic acids is 1. The van der Waals surface area contributed by atoms with Crippen molar-refractivity contribution in [2.45, 2.75) is 6.54 Å². The molecule has 0 bridgehead atoms. The third-order valence-electron chi connectivity index (χ3n) is 4.31. The summed E-state index contributed by atoms with van der Waals surface area (Å²) in [5, 5.41) is 5.63. The standard InChI is InChI=1S/C20H26N4O4/c1-26-17-2-4-18(5-3-17)28-11-8-22-20(25)23-15-16-6-7-21-19(14-16)24-9-12-27-13-10-24/h2-7,14H,8-13,15H2,1H3,(H2,22,23,25). The first-order valence-corrected chi connectivity index (χ1v) is 9.31. The van der Waals surface area contributed by atoms with E-state index < -0.39 is 0 Å². The SMILES string of the molecule is COc1ccc(OCCNC(=O)NCc2ccnc(N3CCOCC3)c2)cc1. The highest BCUT2D eigenvalue weighted by atomic mass is 16.5. The summed E-state index contributed by atoms with van der Waals surface area (Å²) >= 11 is 0. The van der Waals surface area contributed by atoms with E-state index in [-0.39, 0.29) is 6.03 Å². The van der Waals surface area contributed by atoms with Crippen molar-refractivity contribution in [1.82, 2.24) is 15.6 Å². The van der Waals surface area contributed by atoms with Crippen LogP contribution < -0.4 is 25.0 Å². The van der Waals surface area contributed by atoms with Crippen LogP contribution in [0.25, 0.3) is 0 Å². The maximum absolute atomic E-state index is 12.0. The monoisotopic (exact) mass is 386 g/mol. The molecule has 1 saturated heterocycles. The fourth-order valence-corrected chi connectivity index (χ4v) is 2.79. The number of benzene rings is 1. The van der Waals surface area contributed by atoms with Crippen molar-refractivity contribution in [3.63, 3.8) is 0 Å². The van der Waals surface area contributed by atoms with Crippen LogP contribution in [-0.2, 0) is 11.3 Å². The summed E-state index contributed by atoms with van der Waals surface area (Å²) in [7, 11) is 1.62. The van der Waals surface area contributed by atoms with Crippen LogP contribution in [0.2, 0.25) is 0 Å². The molecule has 1 aromatic heterocycles. The number of methoxy groups -OCH3 is 1. The van der Waals surface area contributed by atoms with E-state index in [1.807, 2.05) is 36.4 Å². The van der Waals surface area contributed by atoms with Gasteiger partial charge in [0.2, 0.25) is 0 Å². The zero-order chi connectivity index (χ0) is 19.6. The molecule has 150 valence electrons. The second-order valence-electron chi connectivity index (χ2n) is 6.26. The molecule has 1 aromatic carbocycles. The van der Waals surface area contributed by atoms with Crippen molar-refractivity contribution in [2.75, 3.05) is 51.5 Å². The molecular formula is C20H26N4O4. The number of amides is 2. The number of hydrogen-bond donors (Lipinski definition) is 2. The van der Waals surface area contributed by atoms with Gasteiger partial charge in [-0.05, 0) is 42.0 Å². The fourth-order valence-electron chi connectivity index (χ4n) is 2.79. The molecule has 2 amide bonds. The molecule has 0 saturated carbocycles. The topological polar surface area (TPSA) is 85.0 Å². The summed E-state index contributed by atoms with van der Waals surface area (Å²) in [5.74, 6) is 2.42. The van der Waals surface area contributed by atoms with Crippen LogP contribution in [0.1, 0.15) is 5.56 Å². The van der Waals surface area contributed by atoms with E-state index in [0.717, 1.165) is 36.0 Å². The Kier molecular flexibility index (Phi) is 7.31. The second kappa shape index (κ2) is 10.4. The molecule has 2 heterocycles. The number of morpholine rings is 1. The van der Waals surface area contributed by atoms with Gasteiger partial charge < -0.3 is 29.7 Å². The van der Waals surface area contributed by atoms with Crippen molar-refractivity contribution in [2.24, 2.45) is 0 Å². The maximum atomic E-state index is 12.0. The van der Waals surface area contributed by atoms with Gasteiger partial charge >= 0.3 is 6.03 Å². The number of urea groups is 1. The molecule has 0 atom stereocenters. The van der Waals surface area contributed by atoms with Gasteiger partial charge in [-0.3, -0.25) is 0 Å². The number of nitrogens with zero attached hydrogens (tertiary/aromatic N) is 2. The zero-order valence-corrected chi connectivity index (χ0v) is 16.0. The molecule has 3 rings (SSSR count). The summed E-state index contributed by atoms with van der Waals surface area (Å²) < 4.78 is 16.0. The summed E-state index contributed by atoms with van der Waals surface area (Å²) in [5.41, 5.74) is 1.00. The summed E-state index contributed by atoms with van der Waals surface area (Å²) in [6.45, 7) is 4.32. The second-order valence-corrected chi connectivity index (χ2v) is 6.26. The molecule has 8 heteroatoms. The minimum atomic E-state index is -0.233. The highest BCUT2D eigenvalue weighted by Gasteiger charge is 2.12. The van der Waals surface area contributed by atoms with Gasteiger partial charge in [-0.1, -0.05) is 0 Å². The van der Waals surface area contributed by atoms with E-state index in [9.17, 15) is 4.79 Å². The van der Waals surface area contributed by atoms with E-state index in [0.29, 0.717) is 32.9 Å². The molecule has 0 aliphatic carbocycles. The summed E-state index contributed by atoms with van der Waals surface area (Å²) in [6, 6.07) is 11.0. The number of carbonyl (C=O) groups is 1. The third-order valence-corrected chi connectivity index (χ3v) is 4.31. The molecule has 2 N–H and O–H groups in total. The lowest BCUT2D eigenvalue weighted by Gasteiger charge is -2.28. The zero-order valence-electron chi connectivity index (χ0n) is 16.0. The number of nitrogens with one attached hydrogen (secondary N) is 2. The number of rotatable bonds is 8. The minimum Gasteiger partial charge on any atom is -0.497 e. The first-order chi connectivity index (χ1) is 13.7. The number of ether oxygens (including phenoxy) is 3. The average molecular weight is 386 g/mol. The van der Waals surface area contributed by atoms with Crippen LogP contribution in [-0.4, -0.2) is 57.6 Å².